The van der Waals surface area contributed by atoms with Crippen molar-refractivity contribution in [2.75, 3.05) is 53.0 Å². The van der Waals surface area contributed by atoms with Crippen LogP contribution < -0.4 is 10.1 Å². The predicted molar refractivity (Wildman–Crippen MR) is 116 cm³/mol. The first kappa shape index (κ1) is 22.1. The number of aromatic nitrogens is 2. The normalized spacial score (nSPS) is 14.5. The molecule has 0 atom stereocenters. The summed E-state index contributed by atoms with van der Waals surface area (Å²) in [7, 11) is 1.66. The molecule has 0 saturated carbocycles. The van der Waals surface area contributed by atoms with Crippen LogP contribution in [0.15, 0.2) is 36.7 Å². The fourth-order valence-corrected chi connectivity index (χ4v) is 3.42. The number of carbonyl (C=O) groups excluding carboxylic acids is 1. The molecule has 1 fully saturated rings. The maximum atomic E-state index is 12.8. The van der Waals surface area contributed by atoms with Crippen molar-refractivity contribution in [3.05, 3.63) is 48.0 Å². The van der Waals surface area contributed by atoms with Gasteiger partial charge >= 0.3 is 6.03 Å². The van der Waals surface area contributed by atoms with Crippen molar-refractivity contribution in [2.24, 2.45) is 0 Å². The van der Waals surface area contributed by atoms with Gasteiger partial charge in [-0.15, -0.1) is 0 Å². The molecule has 1 N–H and O–H groups in total. The van der Waals surface area contributed by atoms with Gasteiger partial charge in [-0.05, 0) is 24.1 Å². The van der Waals surface area contributed by atoms with Crippen molar-refractivity contribution in [3.8, 4) is 5.75 Å². The zero-order chi connectivity index (χ0) is 21.2. The number of amides is 2. The molecule has 8 heteroatoms. The van der Waals surface area contributed by atoms with Crippen molar-refractivity contribution in [1.82, 2.24) is 24.7 Å². The molecule has 1 aromatic carbocycles. The molecule has 1 aliphatic heterocycles. The van der Waals surface area contributed by atoms with Crippen LogP contribution in [0.3, 0.4) is 0 Å². The SMILES string of the molecule is CCCNC(=O)N(CCN1CCOCC1)Cc1nccn1Cc1ccc(OC)cc1. The Labute approximate surface area is 178 Å². The lowest BCUT2D eigenvalue weighted by Crippen LogP contribution is -2.46. The zero-order valence-corrected chi connectivity index (χ0v) is 18.0. The fourth-order valence-electron chi connectivity index (χ4n) is 3.42. The van der Waals surface area contributed by atoms with Gasteiger partial charge in [-0.1, -0.05) is 19.1 Å². The minimum absolute atomic E-state index is 0.0379. The third-order valence-electron chi connectivity index (χ3n) is 5.25. The smallest absolute Gasteiger partial charge is 0.317 e. The molecule has 0 unspecified atom stereocenters. The van der Waals surface area contributed by atoms with Crippen molar-refractivity contribution < 1.29 is 14.3 Å². The fraction of sp³-hybridized carbons (Fsp3) is 0.545. The van der Waals surface area contributed by atoms with Gasteiger partial charge in [0.15, 0.2) is 0 Å². The second-order valence-electron chi connectivity index (χ2n) is 7.43. The van der Waals surface area contributed by atoms with E-state index in [1.807, 2.05) is 35.4 Å². The number of carbonyl (C=O) groups is 1. The summed E-state index contributed by atoms with van der Waals surface area (Å²) in [6.07, 6.45) is 4.67. The Hall–Kier alpha value is -2.58. The third kappa shape index (κ3) is 6.47. The Kier molecular flexibility index (Phi) is 8.53. The van der Waals surface area contributed by atoms with Crippen molar-refractivity contribution >= 4 is 6.03 Å². The molecular formula is C22H33N5O3. The van der Waals surface area contributed by atoms with Crippen LogP contribution in [-0.4, -0.2) is 78.4 Å². The Morgan fingerprint density at radius 2 is 2.03 bits per heavy atom. The van der Waals surface area contributed by atoms with Gasteiger partial charge in [-0.3, -0.25) is 4.90 Å². The van der Waals surface area contributed by atoms with Gasteiger partial charge in [-0.2, -0.15) is 0 Å². The highest BCUT2D eigenvalue weighted by Gasteiger charge is 2.19. The third-order valence-corrected chi connectivity index (χ3v) is 5.25. The summed E-state index contributed by atoms with van der Waals surface area (Å²) in [6.45, 7) is 8.74. The summed E-state index contributed by atoms with van der Waals surface area (Å²) in [5, 5.41) is 3.01. The molecule has 0 spiro atoms. The van der Waals surface area contributed by atoms with Crippen LogP contribution in [0.5, 0.6) is 5.75 Å². The number of morpholine rings is 1. The summed E-state index contributed by atoms with van der Waals surface area (Å²) < 4.78 is 12.8. The van der Waals surface area contributed by atoms with E-state index in [4.69, 9.17) is 9.47 Å². The largest absolute Gasteiger partial charge is 0.497 e. The molecule has 164 valence electrons. The Balaban J connectivity index is 1.65. The first-order valence-electron chi connectivity index (χ1n) is 10.7. The van der Waals surface area contributed by atoms with Crippen LogP contribution in [0.2, 0.25) is 0 Å². The number of imidazole rings is 1. The number of rotatable bonds is 10. The average molecular weight is 416 g/mol. The first-order chi connectivity index (χ1) is 14.7. The minimum Gasteiger partial charge on any atom is -0.497 e. The number of hydrogen-bond acceptors (Lipinski definition) is 5. The zero-order valence-electron chi connectivity index (χ0n) is 18.0. The Bertz CT molecular complexity index is 771. The van der Waals surface area contributed by atoms with Crippen molar-refractivity contribution in [3.63, 3.8) is 0 Å². The molecule has 3 rings (SSSR count). The van der Waals surface area contributed by atoms with E-state index in [-0.39, 0.29) is 6.03 Å². The summed E-state index contributed by atoms with van der Waals surface area (Å²) in [5.41, 5.74) is 1.16. The highest BCUT2D eigenvalue weighted by Crippen LogP contribution is 2.14. The average Bonchev–Trinajstić information content (AvgIpc) is 3.22. The molecule has 30 heavy (non-hydrogen) atoms. The van der Waals surface area contributed by atoms with Crippen LogP contribution in [0.25, 0.3) is 0 Å². The molecule has 2 aromatic rings. The van der Waals surface area contributed by atoms with E-state index >= 15 is 0 Å². The van der Waals surface area contributed by atoms with Crippen LogP contribution >= 0.6 is 0 Å². The van der Waals surface area contributed by atoms with Gasteiger partial charge in [0.05, 0.1) is 26.9 Å². The highest BCUT2D eigenvalue weighted by atomic mass is 16.5. The van der Waals surface area contributed by atoms with Gasteiger partial charge in [0, 0.05) is 51.7 Å². The molecule has 0 aliphatic carbocycles. The summed E-state index contributed by atoms with van der Waals surface area (Å²) in [6, 6.07) is 7.97. The number of urea groups is 1. The summed E-state index contributed by atoms with van der Waals surface area (Å²) in [4.78, 5) is 21.5. The second kappa shape index (κ2) is 11.6. The predicted octanol–water partition coefficient (Wildman–Crippen LogP) is 2.19. The van der Waals surface area contributed by atoms with E-state index < -0.39 is 0 Å². The van der Waals surface area contributed by atoms with Crippen molar-refractivity contribution in [2.45, 2.75) is 26.4 Å². The van der Waals surface area contributed by atoms with E-state index in [2.05, 4.69) is 26.7 Å². The number of benzene rings is 1. The molecule has 1 aliphatic rings. The molecular weight excluding hydrogens is 382 g/mol. The molecule has 1 aromatic heterocycles. The van der Waals surface area contributed by atoms with Gasteiger partial charge in [0.25, 0.3) is 0 Å². The van der Waals surface area contributed by atoms with Crippen LogP contribution in [0.4, 0.5) is 4.79 Å². The molecule has 1 saturated heterocycles. The lowest BCUT2D eigenvalue weighted by atomic mass is 10.2. The van der Waals surface area contributed by atoms with E-state index in [1.165, 1.54) is 0 Å². The van der Waals surface area contributed by atoms with Gasteiger partial charge in [0.1, 0.15) is 11.6 Å². The lowest BCUT2D eigenvalue weighted by Gasteiger charge is -2.30. The summed E-state index contributed by atoms with van der Waals surface area (Å²) >= 11 is 0. The van der Waals surface area contributed by atoms with E-state index in [1.54, 1.807) is 13.3 Å². The Morgan fingerprint density at radius 1 is 1.27 bits per heavy atom. The highest BCUT2D eigenvalue weighted by molar-refractivity contribution is 5.74. The quantitative estimate of drug-likeness (QED) is 0.644. The number of methoxy groups -OCH3 is 1. The molecule has 8 nitrogen and oxygen atoms in total. The number of ether oxygens (including phenoxy) is 2. The molecule has 2 heterocycles. The molecule has 2 amide bonds. The van der Waals surface area contributed by atoms with E-state index in [0.717, 1.165) is 56.4 Å². The summed E-state index contributed by atoms with van der Waals surface area (Å²) in [5.74, 6) is 1.71. The standard InChI is InChI=1S/C22H33N5O3/c1-3-8-24-22(28)27(12-11-25-13-15-30-16-14-25)18-21-23-9-10-26(21)17-19-4-6-20(29-2)7-5-19/h4-7,9-10H,3,8,11-18H2,1-2H3,(H,24,28). The number of hydrogen-bond donors (Lipinski definition) is 1. The number of nitrogens with one attached hydrogen (secondary N) is 1. The lowest BCUT2D eigenvalue weighted by molar-refractivity contribution is 0.0345. The van der Waals surface area contributed by atoms with Gasteiger partial charge < -0.3 is 24.3 Å². The van der Waals surface area contributed by atoms with Crippen LogP contribution in [0.1, 0.15) is 24.7 Å². The topological polar surface area (TPSA) is 71.9 Å². The van der Waals surface area contributed by atoms with E-state index in [0.29, 0.717) is 26.2 Å². The maximum absolute atomic E-state index is 12.8. The van der Waals surface area contributed by atoms with E-state index in [9.17, 15) is 4.79 Å². The van der Waals surface area contributed by atoms with Gasteiger partial charge in [-0.25, -0.2) is 9.78 Å². The molecule has 0 bridgehead atoms. The number of nitrogens with zero attached hydrogens (tertiary/aromatic N) is 4. The van der Waals surface area contributed by atoms with Crippen LogP contribution in [0, 0.1) is 0 Å². The first-order valence-corrected chi connectivity index (χ1v) is 10.7. The Morgan fingerprint density at radius 3 is 2.73 bits per heavy atom. The minimum atomic E-state index is -0.0379. The van der Waals surface area contributed by atoms with Crippen LogP contribution in [-0.2, 0) is 17.8 Å². The maximum Gasteiger partial charge on any atom is 0.317 e. The van der Waals surface area contributed by atoms with Crippen molar-refractivity contribution in [1.29, 1.82) is 0 Å². The monoisotopic (exact) mass is 415 g/mol. The second-order valence-corrected chi connectivity index (χ2v) is 7.43. The van der Waals surface area contributed by atoms with Gasteiger partial charge in [0.2, 0.25) is 0 Å². The molecule has 0 radical (unpaired) electrons.